The number of piperidine rings is 1. The summed E-state index contributed by atoms with van der Waals surface area (Å²) in [4.78, 5) is 14.0. The summed E-state index contributed by atoms with van der Waals surface area (Å²) in [5, 5.41) is 10.3. The molecule has 0 bridgehead atoms. The van der Waals surface area contributed by atoms with Crippen molar-refractivity contribution in [3.63, 3.8) is 0 Å². The minimum atomic E-state index is -0.543. The Labute approximate surface area is 162 Å². The zero-order chi connectivity index (χ0) is 14.8. The van der Waals surface area contributed by atoms with Crippen molar-refractivity contribution in [2.45, 2.75) is 51.4 Å². The van der Waals surface area contributed by atoms with Gasteiger partial charge in [0, 0.05) is 50.6 Å². The molecule has 2 unspecified atom stereocenters. The number of rotatable bonds is 1. The van der Waals surface area contributed by atoms with Gasteiger partial charge < -0.3 is 9.84 Å². The number of carbonyl (C=O) groups is 1. The summed E-state index contributed by atoms with van der Waals surface area (Å²) in [6.07, 6.45) is 0.603. The fraction of sp³-hybridized carbons (Fsp3) is 0.562. The largest absolute Gasteiger partial charge is 0.444 e. The van der Waals surface area contributed by atoms with Crippen molar-refractivity contribution < 1.29 is 58.7 Å². The molecule has 5 heteroatoms. The molecule has 1 saturated heterocycles. The molecular formula is C16H23AcNO3. The number of amides is 1. The second-order valence-corrected chi connectivity index (χ2v) is 6.24. The van der Waals surface area contributed by atoms with Gasteiger partial charge in [0.05, 0.1) is 12.1 Å². The molecule has 0 aromatic heterocycles. The molecule has 4 nitrogen and oxygen atoms in total. The molecule has 0 saturated carbocycles. The molecule has 1 heterocycles. The first kappa shape index (κ1) is 18.9. The Balaban J connectivity index is 0.00000220. The summed E-state index contributed by atoms with van der Waals surface area (Å²) in [6.45, 7) is 6.17. The van der Waals surface area contributed by atoms with Gasteiger partial charge in [0.15, 0.2) is 0 Å². The predicted molar refractivity (Wildman–Crippen MR) is 77.4 cm³/mol. The SMILES string of the molecule is CC(C)(C)OC(=O)N1CCCC(O)C1c1ccccc1.[Ac]. The van der Waals surface area contributed by atoms with Crippen LogP contribution in [-0.2, 0) is 4.74 Å². The molecular weight excluding hydrogens is 481 g/mol. The van der Waals surface area contributed by atoms with Crippen molar-refractivity contribution >= 4 is 6.09 Å². The van der Waals surface area contributed by atoms with Crippen LogP contribution >= 0.6 is 0 Å². The van der Waals surface area contributed by atoms with Crippen LogP contribution in [0.25, 0.3) is 0 Å². The number of aliphatic hydroxyl groups is 1. The molecule has 113 valence electrons. The van der Waals surface area contributed by atoms with E-state index >= 15 is 0 Å². The Morgan fingerprint density at radius 2 is 1.90 bits per heavy atom. The average Bonchev–Trinajstić information content (AvgIpc) is 2.37. The van der Waals surface area contributed by atoms with E-state index in [1.165, 1.54) is 0 Å². The van der Waals surface area contributed by atoms with E-state index in [-0.39, 0.29) is 56.2 Å². The fourth-order valence-electron chi connectivity index (χ4n) is 2.55. The van der Waals surface area contributed by atoms with Crippen molar-refractivity contribution in [1.29, 1.82) is 0 Å². The van der Waals surface area contributed by atoms with E-state index in [2.05, 4.69) is 0 Å². The van der Waals surface area contributed by atoms with E-state index in [1.54, 1.807) is 4.90 Å². The molecule has 2 atom stereocenters. The van der Waals surface area contributed by atoms with Gasteiger partial charge in [0.25, 0.3) is 0 Å². The molecule has 1 aromatic rings. The summed E-state index contributed by atoms with van der Waals surface area (Å²) in [6, 6.07) is 9.33. The van der Waals surface area contributed by atoms with Gasteiger partial charge in [-0.1, -0.05) is 30.3 Å². The van der Waals surface area contributed by atoms with E-state index in [0.29, 0.717) is 13.0 Å². The van der Waals surface area contributed by atoms with E-state index in [0.717, 1.165) is 12.0 Å². The molecule has 1 aliphatic rings. The quantitative estimate of drug-likeness (QED) is 0.640. The zero-order valence-electron chi connectivity index (χ0n) is 13.0. The van der Waals surface area contributed by atoms with Gasteiger partial charge in [0.2, 0.25) is 0 Å². The van der Waals surface area contributed by atoms with Gasteiger partial charge in [-0.3, -0.25) is 4.90 Å². The number of hydrogen-bond acceptors (Lipinski definition) is 3. The molecule has 1 radical (unpaired) electrons. The van der Waals surface area contributed by atoms with Gasteiger partial charge in [-0.15, -0.1) is 0 Å². The van der Waals surface area contributed by atoms with Gasteiger partial charge in [0.1, 0.15) is 5.60 Å². The zero-order valence-corrected chi connectivity index (χ0v) is 17.7. The summed E-state index contributed by atoms with van der Waals surface area (Å²) in [5.74, 6) is 0. The van der Waals surface area contributed by atoms with Gasteiger partial charge in [-0.2, -0.15) is 0 Å². The van der Waals surface area contributed by atoms with Crippen LogP contribution in [0.1, 0.15) is 45.2 Å². The normalized spacial score (nSPS) is 22.4. The van der Waals surface area contributed by atoms with Gasteiger partial charge >= 0.3 is 6.09 Å². The van der Waals surface area contributed by atoms with Crippen molar-refractivity contribution in [2.24, 2.45) is 0 Å². The summed E-state index contributed by atoms with van der Waals surface area (Å²) in [7, 11) is 0. The second-order valence-electron chi connectivity index (χ2n) is 6.24. The fourth-order valence-corrected chi connectivity index (χ4v) is 2.55. The molecule has 0 spiro atoms. The molecule has 1 aromatic carbocycles. The smallest absolute Gasteiger partial charge is 0.410 e. The summed E-state index contributed by atoms with van der Waals surface area (Å²) in [5.41, 5.74) is 0.423. The van der Waals surface area contributed by atoms with Crippen molar-refractivity contribution in [3.8, 4) is 0 Å². The first-order valence-corrected chi connectivity index (χ1v) is 7.11. The van der Waals surface area contributed by atoms with Crippen LogP contribution in [0.15, 0.2) is 30.3 Å². The number of likely N-dealkylation sites (tertiary alicyclic amines) is 1. The minimum Gasteiger partial charge on any atom is -0.444 e. The molecule has 2 rings (SSSR count). The first-order chi connectivity index (χ1) is 9.38. The Morgan fingerprint density at radius 3 is 2.48 bits per heavy atom. The Hall–Kier alpha value is -0.108. The van der Waals surface area contributed by atoms with Crippen molar-refractivity contribution in [3.05, 3.63) is 35.9 Å². The van der Waals surface area contributed by atoms with E-state index < -0.39 is 11.7 Å². The van der Waals surface area contributed by atoms with Crippen molar-refractivity contribution in [2.75, 3.05) is 6.54 Å². The molecule has 1 aliphatic heterocycles. The maximum Gasteiger partial charge on any atom is 0.410 e. The molecule has 1 N–H and O–H groups in total. The molecule has 1 fully saturated rings. The van der Waals surface area contributed by atoms with Crippen LogP contribution in [0, 0.1) is 44.1 Å². The van der Waals surface area contributed by atoms with Crippen LogP contribution in [0.3, 0.4) is 0 Å². The Kier molecular flexibility index (Phi) is 7.17. The average molecular weight is 504 g/mol. The maximum atomic E-state index is 12.3. The van der Waals surface area contributed by atoms with Crippen molar-refractivity contribution in [1.82, 2.24) is 4.90 Å². The van der Waals surface area contributed by atoms with Crippen LogP contribution in [-0.4, -0.2) is 34.3 Å². The van der Waals surface area contributed by atoms with Crippen LogP contribution in [0.2, 0.25) is 0 Å². The minimum absolute atomic E-state index is 0. The number of nitrogens with zero attached hydrogens (tertiary/aromatic N) is 1. The van der Waals surface area contributed by atoms with Crippen LogP contribution in [0.4, 0.5) is 4.79 Å². The van der Waals surface area contributed by atoms with Crippen LogP contribution in [0.5, 0.6) is 0 Å². The second kappa shape index (κ2) is 7.95. The standard InChI is InChI=1S/C16H23NO3.Ac/c1-16(2,3)20-15(19)17-11-7-10-13(18)14(17)12-8-5-4-6-9-12;/h4-6,8-9,13-14,18H,7,10-11H2,1-3H3;. The van der Waals surface area contributed by atoms with E-state index in [9.17, 15) is 9.90 Å². The third-order valence-electron chi connectivity index (χ3n) is 3.37. The van der Waals surface area contributed by atoms with E-state index in [1.807, 2.05) is 51.1 Å². The number of ether oxygens (including phenoxy) is 1. The van der Waals surface area contributed by atoms with Gasteiger partial charge in [-0.25, -0.2) is 4.79 Å². The van der Waals surface area contributed by atoms with Gasteiger partial charge in [-0.05, 0) is 39.2 Å². The number of carbonyl (C=O) groups excluding carboxylic acids is 1. The number of benzene rings is 1. The topological polar surface area (TPSA) is 49.8 Å². The molecule has 1 amide bonds. The maximum absolute atomic E-state index is 12.3. The summed E-state index contributed by atoms with van der Waals surface area (Å²) < 4.78 is 5.45. The number of aliphatic hydroxyl groups excluding tert-OH is 1. The number of hydrogen-bond donors (Lipinski definition) is 1. The third kappa shape index (κ3) is 5.23. The molecule has 21 heavy (non-hydrogen) atoms. The Morgan fingerprint density at radius 1 is 1.29 bits per heavy atom. The third-order valence-corrected chi connectivity index (χ3v) is 3.37. The predicted octanol–water partition coefficient (Wildman–Crippen LogP) is 3.12. The van der Waals surface area contributed by atoms with Crippen LogP contribution < -0.4 is 0 Å². The molecule has 0 aliphatic carbocycles. The first-order valence-electron chi connectivity index (χ1n) is 7.11. The summed E-state index contributed by atoms with van der Waals surface area (Å²) >= 11 is 0. The van der Waals surface area contributed by atoms with E-state index in [4.69, 9.17) is 4.74 Å². The monoisotopic (exact) mass is 504 g/mol. The Bertz CT molecular complexity index is 458.